The number of piperidine rings is 1. The van der Waals surface area contributed by atoms with E-state index in [9.17, 15) is 13.2 Å². The van der Waals surface area contributed by atoms with E-state index < -0.39 is 17.5 Å². The quantitative estimate of drug-likeness (QED) is 0.395. The van der Waals surface area contributed by atoms with Gasteiger partial charge in [-0.3, -0.25) is 0 Å². The molecule has 0 radical (unpaired) electrons. The van der Waals surface area contributed by atoms with Crippen LogP contribution in [0.3, 0.4) is 0 Å². The van der Waals surface area contributed by atoms with Crippen LogP contribution in [0.15, 0.2) is 18.7 Å². The normalized spacial score (nSPS) is 17.4. The summed E-state index contributed by atoms with van der Waals surface area (Å²) in [6.07, 6.45) is 1.30. The number of hydrogen-bond donors (Lipinski definition) is 0. The Morgan fingerprint density at radius 3 is 2.37 bits per heavy atom. The molecule has 5 rings (SSSR count). The van der Waals surface area contributed by atoms with Gasteiger partial charge < -0.3 is 23.7 Å². The van der Waals surface area contributed by atoms with Crippen molar-refractivity contribution in [3.63, 3.8) is 0 Å². The third kappa shape index (κ3) is 5.16. The van der Waals surface area contributed by atoms with Crippen molar-refractivity contribution in [2.45, 2.75) is 43.4 Å². The number of anilines is 1. The highest BCUT2D eigenvalue weighted by Crippen LogP contribution is 2.45. The third-order valence-corrected chi connectivity index (χ3v) is 6.72. The smallest absolute Gasteiger partial charge is 0.434 e. The maximum atomic E-state index is 15.7. The summed E-state index contributed by atoms with van der Waals surface area (Å²) < 4.78 is 72.7. The summed E-state index contributed by atoms with van der Waals surface area (Å²) in [6.45, 7) is 0.0366. The summed E-state index contributed by atoms with van der Waals surface area (Å²) in [4.78, 5) is 22.8. The molecule has 0 amide bonds. The summed E-state index contributed by atoms with van der Waals surface area (Å²) in [6, 6.07) is 0. The number of ether oxygens (including phenoxy) is 3. The molecule has 1 saturated heterocycles. The Morgan fingerprint density at radius 2 is 1.76 bits per heavy atom. The number of rotatable bonds is 8. The van der Waals surface area contributed by atoms with Gasteiger partial charge in [-0.05, 0) is 12.8 Å². The SMILES string of the molecule is COc1cnc(-c2c(OC)ncnc2C2CC2)nc1OCC1(F)CCN(c2nc(C(F)(F)F)cn2C)CC1. The number of aryl methyl sites for hydroxylation is 1. The van der Waals surface area contributed by atoms with Crippen LogP contribution in [-0.4, -0.2) is 69.1 Å². The second kappa shape index (κ2) is 9.87. The van der Waals surface area contributed by atoms with Crippen LogP contribution in [0, 0.1) is 0 Å². The lowest BCUT2D eigenvalue weighted by Gasteiger charge is -2.36. The van der Waals surface area contributed by atoms with Gasteiger partial charge in [-0.1, -0.05) is 0 Å². The molecule has 10 nitrogen and oxygen atoms in total. The zero-order chi connectivity index (χ0) is 27.1. The first-order valence-electron chi connectivity index (χ1n) is 12.1. The molecule has 0 spiro atoms. The van der Waals surface area contributed by atoms with E-state index in [1.807, 2.05) is 0 Å². The van der Waals surface area contributed by atoms with Crippen molar-refractivity contribution in [2.75, 3.05) is 38.8 Å². The second-order valence-corrected chi connectivity index (χ2v) is 9.45. The molecule has 3 aromatic heterocycles. The number of hydrogen-bond acceptors (Lipinski definition) is 9. The van der Waals surface area contributed by atoms with Crippen molar-refractivity contribution >= 4 is 5.95 Å². The highest BCUT2D eigenvalue weighted by molar-refractivity contribution is 5.66. The van der Waals surface area contributed by atoms with Crippen molar-refractivity contribution in [3.8, 4) is 28.9 Å². The van der Waals surface area contributed by atoms with Gasteiger partial charge in [0.05, 0.1) is 26.1 Å². The van der Waals surface area contributed by atoms with Crippen LogP contribution < -0.4 is 19.1 Å². The average molecular weight is 538 g/mol. The number of alkyl halides is 4. The molecule has 1 aliphatic carbocycles. The fourth-order valence-corrected chi connectivity index (χ4v) is 4.47. The molecule has 0 N–H and O–H groups in total. The van der Waals surface area contributed by atoms with E-state index in [1.165, 1.54) is 38.4 Å². The molecular weight excluding hydrogens is 510 g/mol. The highest BCUT2D eigenvalue weighted by atomic mass is 19.4. The third-order valence-electron chi connectivity index (χ3n) is 6.72. The molecule has 0 unspecified atom stereocenters. The summed E-state index contributed by atoms with van der Waals surface area (Å²) in [7, 11) is 4.41. The fraction of sp³-hybridized carbons (Fsp3) is 0.542. The molecule has 1 saturated carbocycles. The van der Waals surface area contributed by atoms with Crippen molar-refractivity contribution in [1.29, 1.82) is 0 Å². The first-order valence-corrected chi connectivity index (χ1v) is 12.1. The van der Waals surface area contributed by atoms with Crippen molar-refractivity contribution in [1.82, 2.24) is 29.5 Å². The number of nitrogens with zero attached hydrogens (tertiary/aromatic N) is 7. The molecular formula is C24H27F4N7O3. The molecule has 1 aliphatic heterocycles. The maximum absolute atomic E-state index is 15.7. The lowest BCUT2D eigenvalue weighted by atomic mass is 9.94. The first kappa shape index (κ1) is 25.9. The second-order valence-electron chi connectivity index (χ2n) is 9.45. The van der Waals surface area contributed by atoms with Crippen LogP contribution in [0.1, 0.15) is 43.0 Å². The van der Waals surface area contributed by atoms with Crippen molar-refractivity contribution in [2.24, 2.45) is 7.05 Å². The zero-order valence-corrected chi connectivity index (χ0v) is 21.1. The fourth-order valence-electron chi connectivity index (χ4n) is 4.47. The van der Waals surface area contributed by atoms with Crippen LogP contribution in [0.25, 0.3) is 11.4 Å². The van der Waals surface area contributed by atoms with E-state index in [0.29, 0.717) is 11.4 Å². The van der Waals surface area contributed by atoms with E-state index in [4.69, 9.17) is 14.2 Å². The zero-order valence-electron chi connectivity index (χ0n) is 21.1. The predicted molar refractivity (Wildman–Crippen MR) is 127 cm³/mol. The number of aromatic nitrogens is 6. The van der Waals surface area contributed by atoms with E-state index in [2.05, 4.69) is 24.9 Å². The number of methoxy groups -OCH3 is 2. The molecule has 0 aromatic carbocycles. The van der Waals surface area contributed by atoms with Gasteiger partial charge in [0.1, 0.15) is 24.2 Å². The Morgan fingerprint density at radius 1 is 1.03 bits per heavy atom. The summed E-state index contributed by atoms with van der Waals surface area (Å²) >= 11 is 0. The van der Waals surface area contributed by atoms with Gasteiger partial charge in [0.15, 0.2) is 17.3 Å². The van der Waals surface area contributed by atoms with E-state index in [0.717, 1.165) is 24.7 Å². The summed E-state index contributed by atoms with van der Waals surface area (Å²) in [5.41, 5.74) is -1.36. The van der Waals surface area contributed by atoms with E-state index >= 15 is 4.39 Å². The van der Waals surface area contributed by atoms with Gasteiger partial charge in [-0.15, -0.1) is 0 Å². The molecule has 4 heterocycles. The van der Waals surface area contributed by atoms with E-state index in [1.54, 1.807) is 4.90 Å². The minimum atomic E-state index is -4.55. The van der Waals surface area contributed by atoms with Crippen molar-refractivity contribution in [3.05, 3.63) is 30.1 Å². The van der Waals surface area contributed by atoms with Crippen molar-refractivity contribution < 1.29 is 31.8 Å². The monoisotopic (exact) mass is 537 g/mol. The Hall–Kier alpha value is -3.71. The molecule has 204 valence electrons. The first-order chi connectivity index (χ1) is 18.1. The van der Waals surface area contributed by atoms with Gasteiger partial charge in [0.25, 0.3) is 5.88 Å². The lowest BCUT2D eigenvalue weighted by Crippen LogP contribution is -2.45. The number of halogens is 4. The highest BCUT2D eigenvalue weighted by Gasteiger charge is 2.39. The predicted octanol–water partition coefficient (Wildman–Crippen LogP) is 3.97. The lowest BCUT2D eigenvalue weighted by molar-refractivity contribution is -0.140. The van der Waals surface area contributed by atoms with E-state index in [-0.39, 0.29) is 61.9 Å². The Kier molecular flexibility index (Phi) is 6.73. The van der Waals surface area contributed by atoms with Crippen LogP contribution in [0.2, 0.25) is 0 Å². The molecule has 14 heteroatoms. The van der Waals surface area contributed by atoms with Gasteiger partial charge in [0.2, 0.25) is 11.8 Å². The van der Waals surface area contributed by atoms with Gasteiger partial charge in [0, 0.05) is 45.1 Å². The molecule has 0 atom stereocenters. The maximum Gasteiger partial charge on any atom is 0.434 e. The Labute approximate surface area is 216 Å². The largest absolute Gasteiger partial charge is 0.490 e. The minimum Gasteiger partial charge on any atom is -0.490 e. The molecule has 0 bridgehead atoms. The van der Waals surface area contributed by atoms with Crippen LogP contribution >= 0.6 is 0 Å². The molecule has 38 heavy (non-hydrogen) atoms. The standard InChI is InChI=1S/C24H27F4N7O3/c1-34-11-16(24(26,27)28)32-22(34)35-8-6-23(25,7-9-35)12-38-20-15(36-2)10-29-19(33-20)17-18(14-4-5-14)30-13-31-21(17)37-3/h10-11,13-14H,4-9,12H2,1-3H3. The summed E-state index contributed by atoms with van der Waals surface area (Å²) in [5.74, 6) is 1.30. The average Bonchev–Trinajstić information content (AvgIpc) is 3.67. The van der Waals surface area contributed by atoms with Crippen LogP contribution in [0.5, 0.6) is 17.5 Å². The Balaban J connectivity index is 1.31. The van der Waals surface area contributed by atoms with Crippen LogP contribution in [-0.2, 0) is 13.2 Å². The van der Waals surface area contributed by atoms with Gasteiger partial charge in [-0.25, -0.2) is 24.3 Å². The molecule has 2 fully saturated rings. The van der Waals surface area contributed by atoms with Gasteiger partial charge >= 0.3 is 6.18 Å². The molecule has 2 aliphatic rings. The topological polar surface area (TPSA) is 100 Å². The van der Waals surface area contributed by atoms with Gasteiger partial charge in [-0.2, -0.15) is 18.2 Å². The Bertz CT molecular complexity index is 1300. The minimum absolute atomic E-state index is 0.0354. The summed E-state index contributed by atoms with van der Waals surface area (Å²) in [5, 5.41) is 0. The molecule has 3 aromatic rings. The van der Waals surface area contributed by atoms with Crippen LogP contribution in [0.4, 0.5) is 23.5 Å². The number of imidazole rings is 1.